The minimum absolute atomic E-state index is 0.111. The average molecular weight is 458 g/mol. The number of nitriles is 1. The summed E-state index contributed by atoms with van der Waals surface area (Å²) in [7, 11) is 0. The number of likely N-dealkylation sites (tertiary alicyclic amines) is 1. The molecule has 0 atom stereocenters. The summed E-state index contributed by atoms with van der Waals surface area (Å²) in [6, 6.07) is 8.56. The van der Waals surface area contributed by atoms with Crippen molar-refractivity contribution < 1.29 is 14.0 Å². The van der Waals surface area contributed by atoms with Crippen LogP contribution in [0, 0.1) is 25.2 Å². The molecule has 0 spiro atoms. The van der Waals surface area contributed by atoms with Crippen LogP contribution in [0.25, 0.3) is 0 Å². The maximum Gasteiger partial charge on any atom is 0.258 e. The van der Waals surface area contributed by atoms with E-state index in [0.29, 0.717) is 22.4 Å². The number of nitrogens with zero attached hydrogens (tertiary/aromatic N) is 5. The maximum absolute atomic E-state index is 15.5. The highest BCUT2D eigenvalue weighted by molar-refractivity contribution is 6.05. The zero-order valence-corrected chi connectivity index (χ0v) is 18.9. The Morgan fingerprint density at radius 1 is 1.09 bits per heavy atom. The molecular weight excluding hydrogens is 435 g/mol. The zero-order valence-electron chi connectivity index (χ0n) is 18.9. The number of halogens is 1. The van der Waals surface area contributed by atoms with Crippen molar-refractivity contribution in [1.82, 2.24) is 19.9 Å². The fraction of sp³-hybridized carbons (Fsp3) is 0.280. The Morgan fingerprint density at radius 3 is 2.41 bits per heavy atom. The van der Waals surface area contributed by atoms with Gasteiger partial charge < -0.3 is 10.2 Å². The number of hydrogen-bond acceptors (Lipinski definition) is 6. The lowest BCUT2D eigenvalue weighted by Crippen LogP contribution is -2.43. The predicted octanol–water partition coefficient (Wildman–Crippen LogP) is 3.71. The second-order valence-electron chi connectivity index (χ2n) is 8.36. The van der Waals surface area contributed by atoms with Crippen LogP contribution in [-0.4, -0.2) is 44.8 Å². The summed E-state index contributed by atoms with van der Waals surface area (Å²) in [5, 5.41) is 11.7. The maximum atomic E-state index is 15.5. The van der Waals surface area contributed by atoms with Crippen LogP contribution in [0.5, 0.6) is 0 Å². The van der Waals surface area contributed by atoms with Crippen LogP contribution in [0.4, 0.5) is 10.1 Å². The Balaban J connectivity index is 1.49. The molecule has 1 fully saturated rings. The molecule has 2 aromatic heterocycles. The van der Waals surface area contributed by atoms with Crippen LogP contribution in [0.15, 0.2) is 49.2 Å². The van der Waals surface area contributed by atoms with Crippen LogP contribution in [0.2, 0.25) is 0 Å². The average Bonchev–Trinajstić information content (AvgIpc) is 2.86. The van der Waals surface area contributed by atoms with Gasteiger partial charge in [0.05, 0.1) is 16.8 Å². The molecular formula is C25H23FN6O2. The summed E-state index contributed by atoms with van der Waals surface area (Å²) in [6.07, 6.45) is 5.75. The van der Waals surface area contributed by atoms with Crippen molar-refractivity contribution in [3.63, 3.8) is 0 Å². The first-order chi connectivity index (χ1) is 16.3. The van der Waals surface area contributed by atoms with E-state index in [-0.39, 0.29) is 43.4 Å². The smallest absolute Gasteiger partial charge is 0.258 e. The van der Waals surface area contributed by atoms with Gasteiger partial charge in [-0.3, -0.25) is 14.6 Å². The van der Waals surface area contributed by atoms with E-state index in [4.69, 9.17) is 5.26 Å². The minimum Gasteiger partial charge on any atom is -0.338 e. The number of nitrogens with one attached hydrogen (secondary N) is 1. The van der Waals surface area contributed by atoms with Gasteiger partial charge in [0.1, 0.15) is 12.4 Å². The third kappa shape index (κ3) is 4.62. The quantitative estimate of drug-likeness (QED) is 0.638. The lowest BCUT2D eigenvalue weighted by Gasteiger charge is -2.36. The Labute approximate surface area is 196 Å². The standard InChI is InChI=1S/C25H23FN6O2/c1-16-9-17(2)21(31-23(33)19-13-28-15-29-14-19)10-20(16)24(34)32-7-5-25(26,6-8-32)22-4-3-18(11-27)12-30-22/h3-4,9-10,12-15H,5-8H2,1-2H3,(H,31,33). The highest BCUT2D eigenvalue weighted by atomic mass is 19.1. The number of aryl methyl sites for hydroxylation is 2. The molecule has 1 aliphatic rings. The summed E-state index contributed by atoms with van der Waals surface area (Å²) < 4.78 is 15.5. The van der Waals surface area contributed by atoms with Gasteiger partial charge in [-0.25, -0.2) is 14.4 Å². The molecule has 172 valence electrons. The fourth-order valence-corrected chi connectivity index (χ4v) is 4.04. The van der Waals surface area contributed by atoms with Gasteiger partial charge in [-0.1, -0.05) is 6.07 Å². The number of rotatable bonds is 4. The number of benzene rings is 1. The van der Waals surface area contributed by atoms with Crippen LogP contribution >= 0.6 is 0 Å². The van der Waals surface area contributed by atoms with Gasteiger partial charge >= 0.3 is 0 Å². The number of hydrogen-bond donors (Lipinski definition) is 1. The van der Waals surface area contributed by atoms with Gasteiger partial charge in [-0.2, -0.15) is 5.26 Å². The van der Waals surface area contributed by atoms with Crippen LogP contribution in [0.3, 0.4) is 0 Å². The number of aromatic nitrogens is 3. The van der Waals surface area contributed by atoms with Gasteiger partial charge in [0, 0.05) is 55.8 Å². The molecule has 0 bridgehead atoms. The van der Waals surface area contributed by atoms with Gasteiger partial charge in [-0.15, -0.1) is 0 Å². The number of pyridine rings is 1. The summed E-state index contributed by atoms with van der Waals surface area (Å²) in [4.78, 5) is 39.3. The third-order valence-corrected chi connectivity index (χ3v) is 6.07. The Hall–Kier alpha value is -4.19. The molecule has 3 aromatic rings. The number of alkyl halides is 1. The van der Waals surface area contributed by atoms with E-state index in [9.17, 15) is 9.59 Å². The summed E-state index contributed by atoms with van der Waals surface area (Å²) >= 11 is 0. The number of carbonyl (C=O) groups excluding carboxylic acids is 2. The van der Waals surface area contributed by atoms with Crippen molar-refractivity contribution in [3.05, 3.63) is 82.7 Å². The Kier molecular flexibility index (Phi) is 6.32. The molecule has 2 amide bonds. The first kappa shape index (κ1) is 23.0. The predicted molar refractivity (Wildman–Crippen MR) is 123 cm³/mol. The van der Waals surface area contributed by atoms with Crippen LogP contribution in [0.1, 0.15) is 55.9 Å². The van der Waals surface area contributed by atoms with E-state index in [1.165, 1.54) is 31.0 Å². The summed E-state index contributed by atoms with van der Waals surface area (Å²) in [5.74, 6) is -0.591. The second-order valence-corrected chi connectivity index (χ2v) is 8.36. The number of carbonyl (C=O) groups is 2. The van der Waals surface area contributed by atoms with E-state index >= 15 is 4.39 Å². The van der Waals surface area contributed by atoms with Crippen molar-refractivity contribution in [2.45, 2.75) is 32.4 Å². The second kappa shape index (κ2) is 9.35. The molecule has 1 aromatic carbocycles. The molecule has 9 heteroatoms. The van der Waals surface area contributed by atoms with Crippen molar-refractivity contribution >= 4 is 17.5 Å². The summed E-state index contributed by atoms with van der Waals surface area (Å²) in [6.45, 7) is 4.14. The Morgan fingerprint density at radius 2 is 1.79 bits per heavy atom. The molecule has 0 unspecified atom stereocenters. The topological polar surface area (TPSA) is 112 Å². The zero-order chi connectivity index (χ0) is 24.3. The molecule has 4 rings (SSSR count). The number of piperidine rings is 1. The first-order valence-electron chi connectivity index (χ1n) is 10.8. The van der Waals surface area contributed by atoms with E-state index < -0.39 is 5.67 Å². The minimum atomic E-state index is -1.65. The number of amides is 2. The highest BCUT2D eigenvalue weighted by Crippen LogP contribution is 2.36. The van der Waals surface area contributed by atoms with Crippen molar-refractivity contribution in [1.29, 1.82) is 5.26 Å². The number of anilines is 1. The Bertz CT molecular complexity index is 1260. The van der Waals surface area contributed by atoms with Crippen molar-refractivity contribution in [2.24, 2.45) is 0 Å². The molecule has 0 aliphatic carbocycles. The molecule has 0 radical (unpaired) electrons. The molecule has 34 heavy (non-hydrogen) atoms. The van der Waals surface area contributed by atoms with Gasteiger partial charge in [0.15, 0.2) is 5.67 Å². The molecule has 1 N–H and O–H groups in total. The molecule has 8 nitrogen and oxygen atoms in total. The van der Waals surface area contributed by atoms with Gasteiger partial charge in [-0.05, 0) is 43.2 Å². The monoisotopic (exact) mass is 458 g/mol. The lowest BCUT2D eigenvalue weighted by atomic mass is 9.89. The van der Waals surface area contributed by atoms with Crippen molar-refractivity contribution in [2.75, 3.05) is 18.4 Å². The van der Waals surface area contributed by atoms with Crippen LogP contribution < -0.4 is 5.32 Å². The highest BCUT2D eigenvalue weighted by Gasteiger charge is 2.39. The molecule has 3 heterocycles. The van der Waals surface area contributed by atoms with E-state index in [1.54, 1.807) is 17.0 Å². The molecule has 1 aliphatic heterocycles. The van der Waals surface area contributed by atoms with E-state index in [2.05, 4.69) is 20.3 Å². The van der Waals surface area contributed by atoms with E-state index in [1.807, 2.05) is 26.0 Å². The van der Waals surface area contributed by atoms with E-state index in [0.717, 1.165) is 11.1 Å². The molecule has 0 saturated carbocycles. The fourth-order valence-electron chi connectivity index (χ4n) is 4.04. The third-order valence-electron chi connectivity index (χ3n) is 6.07. The van der Waals surface area contributed by atoms with Gasteiger partial charge in [0.2, 0.25) is 0 Å². The SMILES string of the molecule is Cc1cc(C)c(C(=O)N2CCC(F)(c3ccc(C#N)cn3)CC2)cc1NC(=O)c1cncnc1. The normalized spacial score (nSPS) is 14.8. The van der Waals surface area contributed by atoms with Gasteiger partial charge in [0.25, 0.3) is 11.8 Å². The molecule has 1 saturated heterocycles. The first-order valence-corrected chi connectivity index (χ1v) is 10.8. The largest absolute Gasteiger partial charge is 0.338 e. The van der Waals surface area contributed by atoms with Crippen molar-refractivity contribution in [3.8, 4) is 6.07 Å². The lowest BCUT2D eigenvalue weighted by molar-refractivity contribution is 0.0402. The summed E-state index contributed by atoms with van der Waals surface area (Å²) in [5.41, 5.74) is 1.86. The van der Waals surface area contributed by atoms with Crippen LogP contribution in [-0.2, 0) is 5.67 Å².